The number of anilines is 1. The lowest BCUT2D eigenvalue weighted by atomic mass is 10.3. The van der Waals surface area contributed by atoms with Crippen LogP contribution in [0, 0.1) is 0 Å². The van der Waals surface area contributed by atoms with Crippen LogP contribution in [0.1, 0.15) is 6.42 Å². The van der Waals surface area contributed by atoms with Crippen LogP contribution in [0.25, 0.3) is 0 Å². The summed E-state index contributed by atoms with van der Waals surface area (Å²) < 4.78 is 19.4. The third-order valence-electron chi connectivity index (χ3n) is 1.85. The Morgan fingerprint density at radius 3 is 2.67 bits per heavy atom. The highest BCUT2D eigenvalue weighted by Gasteiger charge is 2.01. The van der Waals surface area contributed by atoms with E-state index in [1.807, 2.05) is 0 Å². The van der Waals surface area contributed by atoms with Crippen molar-refractivity contribution in [2.45, 2.75) is 11.3 Å². The van der Waals surface area contributed by atoms with E-state index in [9.17, 15) is 4.21 Å². The second-order valence-electron chi connectivity index (χ2n) is 3.08. The second kappa shape index (κ2) is 6.55. The van der Waals surface area contributed by atoms with Gasteiger partial charge in [0.15, 0.2) is 0 Å². The van der Waals surface area contributed by atoms with Gasteiger partial charge in [-0.2, -0.15) is 0 Å². The van der Waals surface area contributed by atoms with E-state index in [2.05, 4.69) is 4.72 Å². The van der Waals surface area contributed by atoms with Crippen molar-refractivity contribution in [2.24, 2.45) is 0 Å². The van der Waals surface area contributed by atoms with Gasteiger partial charge in [0.05, 0.1) is 4.90 Å². The van der Waals surface area contributed by atoms with Crippen molar-refractivity contribution < 1.29 is 8.95 Å². The Hall–Kier alpha value is -0.910. The highest BCUT2D eigenvalue weighted by atomic mass is 32.2. The molecule has 1 rings (SSSR count). The first-order chi connectivity index (χ1) is 7.24. The zero-order chi connectivity index (χ0) is 11.1. The van der Waals surface area contributed by atoms with E-state index in [1.165, 1.54) is 0 Å². The third-order valence-corrected chi connectivity index (χ3v) is 3.02. The fourth-order valence-electron chi connectivity index (χ4n) is 1.06. The van der Waals surface area contributed by atoms with Gasteiger partial charge in [0.1, 0.15) is 11.0 Å². The molecule has 0 aromatic heterocycles. The molecule has 0 aliphatic carbocycles. The number of nitrogens with two attached hydrogens (primary N) is 1. The van der Waals surface area contributed by atoms with E-state index in [4.69, 9.17) is 10.5 Å². The minimum atomic E-state index is -1.16. The fraction of sp³-hybridized carbons (Fsp3) is 0.400. The molecule has 1 unspecified atom stereocenters. The van der Waals surface area contributed by atoms with Gasteiger partial charge in [0.2, 0.25) is 0 Å². The van der Waals surface area contributed by atoms with Gasteiger partial charge >= 0.3 is 0 Å². The molecule has 1 aromatic carbocycles. The number of ether oxygens (including phenoxy) is 1. The number of nitrogen functional groups attached to an aromatic ring is 1. The van der Waals surface area contributed by atoms with Crippen molar-refractivity contribution in [3.63, 3.8) is 0 Å². The second-order valence-corrected chi connectivity index (χ2v) is 4.38. The van der Waals surface area contributed by atoms with Crippen molar-refractivity contribution in [1.82, 2.24) is 4.72 Å². The van der Waals surface area contributed by atoms with E-state index in [-0.39, 0.29) is 0 Å². The molecule has 1 atom stereocenters. The van der Waals surface area contributed by atoms with Gasteiger partial charge in [-0.1, -0.05) is 0 Å². The summed E-state index contributed by atoms with van der Waals surface area (Å²) in [7, 11) is 0.493. The third kappa shape index (κ3) is 4.42. The van der Waals surface area contributed by atoms with E-state index in [1.54, 1.807) is 31.4 Å². The first kappa shape index (κ1) is 12.2. The molecule has 0 radical (unpaired) electrons. The molecule has 5 heteroatoms. The van der Waals surface area contributed by atoms with Crippen LogP contribution in [0.15, 0.2) is 29.2 Å². The zero-order valence-corrected chi connectivity index (χ0v) is 9.55. The quantitative estimate of drug-likeness (QED) is 0.562. The van der Waals surface area contributed by atoms with Gasteiger partial charge in [-0.05, 0) is 30.7 Å². The number of rotatable bonds is 6. The van der Waals surface area contributed by atoms with Crippen LogP contribution in [0.2, 0.25) is 0 Å². The summed E-state index contributed by atoms with van der Waals surface area (Å²) >= 11 is 0. The van der Waals surface area contributed by atoms with Crippen LogP contribution in [0.4, 0.5) is 5.69 Å². The first-order valence-corrected chi connectivity index (χ1v) is 5.89. The van der Waals surface area contributed by atoms with Crippen LogP contribution >= 0.6 is 0 Å². The van der Waals surface area contributed by atoms with Crippen LogP contribution in [-0.2, 0) is 15.7 Å². The standard InChI is InChI=1S/C10H16N2O2S/c1-14-8-2-7-12-15(13)10-5-3-9(11)4-6-10/h3-6,12H,2,7-8,11H2,1H3. The molecule has 1 aromatic rings. The maximum absolute atomic E-state index is 11.6. The lowest BCUT2D eigenvalue weighted by Crippen LogP contribution is -2.19. The average Bonchev–Trinajstić information content (AvgIpc) is 2.25. The average molecular weight is 228 g/mol. The molecule has 0 heterocycles. The number of methoxy groups -OCH3 is 1. The Kier molecular flexibility index (Phi) is 5.31. The normalized spacial score (nSPS) is 12.6. The number of benzene rings is 1. The lowest BCUT2D eigenvalue weighted by Gasteiger charge is -2.04. The largest absolute Gasteiger partial charge is 0.399 e. The minimum absolute atomic E-state index is 0.671. The van der Waals surface area contributed by atoms with Gasteiger partial charge in [-0.15, -0.1) is 0 Å². The number of nitrogens with one attached hydrogen (secondary N) is 1. The van der Waals surface area contributed by atoms with Gasteiger partial charge in [0.25, 0.3) is 0 Å². The SMILES string of the molecule is COCCCNS(=O)c1ccc(N)cc1. The summed E-state index contributed by atoms with van der Waals surface area (Å²) in [6, 6.07) is 7.00. The highest BCUT2D eigenvalue weighted by molar-refractivity contribution is 7.83. The Balaban J connectivity index is 2.37. The van der Waals surface area contributed by atoms with Gasteiger partial charge < -0.3 is 10.5 Å². The molecule has 0 fully saturated rings. The Morgan fingerprint density at radius 1 is 1.40 bits per heavy atom. The molecular weight excluding hydrogens is 212 g/mol. The van der Waals surface area contributed by atoms with Crippen molar-refractivity contribution in [1.29, 1.82) is 0 Å². The van der Waals surface area contributed by atoms with Gasteiger partial charge in [0, 0.05) is 25.9 Å². The van der Waals surface area contributed by atoms with E-state index in [0.29, 0.717) is 18.8 Å². The van der Waals surface area contributed by atoms with E-state index in [0.717, 1.165) is 11.3 Å². The van der Waals surface area contributed by atoms with Crippen LogP contribution in [0.3, 0.4) is 0 Å². The fourth-order valence-corrected chi connectivity index (χ4v) is 1.94. The lowest BCUT2D eigenvalue weighted by molar-refractivity contribution is 0.196. The molecule has 0 aliphatic heterocycles. The molecule has 0 aliphatic rings. The molecule has 4 nitrogen and oxygen atoms in total. The monoisotopic (exact) mass is 228 g/mol. The molecule has 0 amide bonds. The minimum Gasteiger partial charge on any atom is -0.399 e. The Morgan fingerprint density at radius 2 is 2.07 bits per heavy atom. The van der Waals surface area contributed by atoms with Crippen molar-refractivity contribution >= 4 is 16.7 Å². The molecular formula is C10H16N2O2S. The van der Waals surface area contributed by atoms with Gasteiger partial charge in [-0.3, -0.25) is 0 Å². The van der Waals surface area contributed by atoms with Gasteiger partial charge in [-0.25, -0.2) is 8.93 Å². The summed E-state index contributed by atoms with van der Waals surface area (Å²) in [4.78, 5) is 0.738. The maximum atomic E-state index is 11.6. The number of hydrogen-bond donors (Lipinski definition) is 2. The Bertz CT molecular complexity index is 314. The first-order valence-electron chi connectivity index (χ1n) is 4.74. The van der Waals surface area contributed by atoms with E-state index < -0.39 is 11.0 Å². The van der Waals surface area contributed by atoms with Crippen molar-refractivity contribution in [3.8, 4) is 0 Å². The van der Waals surface area contributed by atoms with E-state index >= 15 is 0 Å². The molecule has 84 valence electrons. The molecule has 0 spiro atoms. The topological polar surface area (TPSA) is 64.3 Å². The summed E-state index contributed by atoms with van der Waals surface area (Å²) in [5, 5.41) is 0. The summed E-state index contributed by atoms with van der Waals surface area (Å²) in [6.07, 6.45) is 0.844. The van der Waals surface area contributed by atoms with Crippen molar-refractivity contribution in [2.75, 3.05) is 26.0 Å². The predicted molar refractivity (Wildman–Crippen MR) is 61.8 cm³/mol. The zero-order valence-electron chi connectivity index (χ0n) is 8.73. The highest BCUT2D eigenvalue weighted by Crippen LogP contribution is 2.08. The maximum Gasteiger partial charge on any atom is 0.124 e. The molecule has 3 N–H and O–H groups in total. The molecule has 15 heavy (non-hydrogen) atoms. The van der Waals surface area contributed by atoms with Crippen LogP contribution in [-0.4, -0.2) is 24.5 Å². The van der Waals surface area contributed by atoms with Crippen LogP contribution in [0.5, 0.6) is 0 Å². The molecule has 0 saturated heterocycles. The Labute approximate surface area is 92.4 Å². The van der Waals surface area contributed by atoms with Crippen molar-refractivity contribution in [3.05, 3.63) is 24.3 Å². The van der Waals surface area contributed by atoms with Crippen LogP contribution < -0.4 is 10.5 Å². The summed E-state index contributed by atoms with van der Waals surface area (Å²) in [5.74, 6) is 0. The predicted octanol–water partition coefficient (Wildman–Crippen LogP) is 0.917. The smallest absolute Gasteiger partial charge is 0.124 e. The summed E-state index contributed by atoms with van der Waals surface area (Å²) in [5.41, 5.74) is 6.21. The molecule has 0 bridgehead atoms. The molecule has 0 saturated carbocycles. The summed E-state index contributed by atoms with van der Waals surface area (Å²) in [6.45, 7) is 1.34. The number of hydrogen-bond acceptors (Lipinski definition) is 3.